The maximum atomic E-state index is 10.1. The molecule has 0 saturated carbocycles. The maximum Gasteiger partial charge on any atom is 0.119 e. The predicted molar refractivity (Wildman–Crippen MR) is 62.5 cm³/mol. The Morgan fingerprint density at radius 3 is 2.21 bits per heavy atom. The number of carbonyl (C=O) groups is 1. The van der Waals surface area contributed by atoms with Crippen LogP contribution in [0.1, 0.15) is 81.1 Å². The van der Waals surface area contributed by atoms with Crippen molar-refractivity contribution in [1.82, 2.24) is 0 Å². The molecule has 0 aromatic rings. The Kier molecular flexibility index (Phi) is 4.35. The third-order valence-corrected chi connectivity index (χ3v) is 2.25. The molecule has 0 radical (unpaired) electrons. The quantitative estimate of drug-likeness (QED) is 0.383. The molecule has 0 heterocycles. The Morgan fingerprint density at radius 2 is 1.64 bits per heavy atom. The summed E-state index contributed by atoms with van der Waals surface area (Å²) in [4.78, 5) is 10.1. The lowest BCUT2D eigenvalue weighted by Crippen LogP contribution is -1.87. The molecule has 0 aliphatic carbocycles. The molecular formula is C13H26O. The van der Waals surface area contributed by atoms with E-state index in [0.29, 0.717) is 12.8 Å². The monoisotopic (exact) mass is 205 g/mol. The first-order chi connectivity index (χ1) is 9.56. The summed E-state index contributed by atoms with van der Waals surface area (Å²) in [5, 5.41) is 0. The summed E-state index contributed by atoms with van der Waals surface area (Å²) in [5.41, 5.74) is 0. The first kappa shape index (κ1) is 5.67. The van der Waals surface area contributed by atoms with Gasteiger partial charge < -0.3 is 4.79 Å². The molecule has 0 atom stereocenters. The van der Waals surface area contributed by atoms with Crippen LogP contribution < -0.4 is 0 Å². The van der Waals surface area contributed by atoms with E-state index in [1.807, 2.05) is 0 Å². The van der Waals surface area contributed by atoms with E-state index in [9.17, 15) is 4.79 Å². The van der Waals surface area contributed by atoms with E-state index in [0.717, 1.165) is 44.8 Å². The number of rotatable bonds is 10. The zero-order chi connectivity index (χ0) is 16.6. The highest BCUT2D eigenvalue weighted by molar-refractivity contribution is 5.48. The van der Waals surface area contributed by atoms with Crippen LogP contribution in [0.4, 0.5) is 0 Å². The fraction of sp³-hybridized carbons (Fsp3) is 0.923. The maximum absolute atomic E-state index is 10.1. The van der Waals surface area contributed by atoms with Crippen molar-refractivity contribution in [3.8, 4) is 0 Å². The molecule has 0 unspecified atom stereocenters. The second kappa shape index (κ2) is 10.7. The van der Waals surface area contributed by atoms with Crippen molar-refractivity contribution >= 4 is 6.29 Å². The molecular weight excluding hydrogens is 172 g/mol. The molecule has 0 rings (SSSR count). The number of unbranched alkanes of at least 4 members (excludes halogenated alkanes) is 7. The fourth-order valence-corrected chi connectivity index (χ4v) is 1.41. The van der Waals surface area contributed by atoms with Crippen molar-refractivity contribution in [1.29, 1.82) is 0 Å². The smallest absolute Gasteiger partial charge is 0.119 e. The summed E-state index contributed by atoms with van der Waals surface area (Å²) in [6, 6.07) is 0. The predicted octanol–water partition coefficient (Wildman–Crippen LogP) is 4.35. The van der Waals surface area contributed by atoms with Gasteiger partial charge in [-0.2, -0.15) is 0 Å². The van der Waals surface area contributed by atoms with Crippen LogP contribution in [0.3, 0.4) is 0 Å². The Hall–Kier alpha value is -0.330. The van der Waals surface area contributed by atoms with E-state index in [4.69, 9.17) is 9.60 Å². The van der Waals surface area contributed by atoms with Crippen molar-refractivity contribution in [3.05, 3.63) is 0 Å². The van der Waals surface area contributed by atoms with E-state index >= 15 is 0 Å². The van der Waals surface area contributed by atoms with Gasteiger partial charge in [-0.05, 0) is 12.3 Å². The van der Waals surface area contributed by atoms with Crippen LogP contribution in [0.15, 0.2) is 0 Å². The van der Waals surface area contributed by atoms with E-state index in [1.165, 1.54) is 0 Å². The zero-order valence-corrected chi connectivity index (χ0v) is 8.85. The Morgan fingerprint density at radius 1 is 1.07 bits per heavy atom. The van der Waals surface area contributed by atoms with Gasteiger partial charge in [-0.1, -0.05) is 58.6 Å². The van der Waals surface area contributed by atoms with Crippen LogP contribution >= 0.6 is 0 Å². The summed E-state index contributed by atoms with van der Waals surface area (Å²) in [6.45, 7) is -5.60. The molecule has 0 spiro atoms. The van der Waals surface area contributed by atoms with E-state index in [2.05, 4.69) is 0 Å². The van der Waals surface area contributed by atoms with Gasteiger partial charge in [-0.3, -0.25) is 0 Å². The average Bonchev–Trinajstić information content (AvgIpc) is 2.33. The van der Waals surface area contributed by atoms with Crippen LogP contribution in [0.25, 0.3) is 0 Å². The van der Waals surface area contributed by atoms with Crippen molar-refractivity contribution in [2.24, 2.45) is 5.89 Å². The Bertz CT molecular complexity index is 282. The number of aldehydes is 1. The van der Waals surface area contributed by atoms with E-state index in [1.54, 1.807) is 0 Å². The fourth-order valence-electron chi connectivity index (χ4n) is 1.41. The van der Waals surface area contributed by atoms with Gasteiger partial charge in [-0.15, -0.1) is 0 Å². The number of hydrogen-bond acceptors (Lipinski definition) is 1. The zero-order valence-electron chi connectivity index (χ0n) is 15.8. The molecule has 0 saturated heterocycles. The second-order valence-corrected chi connectivity index (χ2v) is 3.66. The van der Waals surface area contributed by atoms with Gasteiger partial charge in [0.25, 0.3) is 0 Å². The third kappa shape index (κ3) is 11.7. The summed E-state index contributed by atoms with van der Waals surface area (Å²) in [5.74, 6) is -2.37. The minimum absolute atomic E-state index is 0.134. The van der Waals surface area contributed by atoms with Gasteiger partial charge in [0.15, 0.2) is 0 Å². The van der Waals surface area contributed by atoms with Crippen LogP contribution in [-0.2, 0) is 4.79 Å². The van der Waals surface area contributed by atoms with Crippen molar-refractivity contribution < 1.29 is 14.4 Å². The summed E-state index contributed by atoms with van der Waals surface area (Å²) in [7, 11) is 0. The van der Waals surface area contributed by atoms with Gasteiger partial charge in [0.05, 0.1) is 0 Å². The summed E-state index contributed by atoms with van der Waals surface area (Å²) >= 11 is 0. The molecule has 1 heteroatoms. The van der Waals surface area contributed by atoms with Gasteiger partial charge in [0.2, 0.25) is 0 Å². The number of carbonyl (C=O) groups excluding carboxylic acids is 1. The molecule has 0 aromatic carbocycles. The van der Waals surface area contributed by atoms with Crippen molar-refractivity contribution in [3.63, 3.8) is 0 Å². The minimum atomic E-state index is -2.80. The second-order valence-electron chi connectivity index (χ2n) is 3.66. The average molecular weight is 205 g/mol. The summed E-state index contributed by atoms with van der Waals surface area (Å²) in [6.07, 6.45) is 7.38. The highest BCUT2D eigenvalue weighted by Crippen LogP contribution is 2.12. The molecule has 0 fully saturated rings. The SMILES string of the molecule is [2H]C([2H])([2H])C([2H])(CCCCCCCCCC=O)C([2H])([2H])[2H]. The third-order valence-electron chi connectivity index (χ3n) is 2.25. The normalized spacial score (nSPS) is 20.7. The van der Waals surface area contributed by atoms with Gasteiger partial charge in [0.1, 0.15) is 6.29 Å². The molecule has 0 bridgehead atoms. The van der Waals surface area contributed by atoms with Gasteiger partial charge in [-0.25, -0.2) is 0 Å². The summed E-state index contributed by atoms with van der Waals surface area (Å²) < 4.78 is 51.7. The molecule has 0 amide bonds. The molecule has 14 heavy (non-hydrogen) atoms. The Labute approximate surface area is 99.1 Å². The molecule has 0 aliphatic heterocycles. The van der Waals surface area contributed by atoms with E-state index in [-0.39, 0.29) is 6.42 Å². The largest absolute Gasteiger partial charge is 0.303 e. The Balaban J connectivity index is 4.00. The van der Waals surface area contributed by atoms with Crippen molar-refractivity contribution in [2.45, 2.75) is 71.5 Å². The first-order valence-corrected chi connectivity index (χ1v) is 5.50. The molecule has 0 aromatic heterocycles. The molecule has 0 N–H and O–H groups in total. The molecule has 0 aliphatic rings. The van der Waals surface area contributed by atoms with Crippen LogP contribution in [-0.4, -0.2) is 6.29 Å². The highest BCUT2D eigenvalue weighted by atomic mass is 16.1. The van der Waals surface area contributed by atoms with Crippen molar-refractivity contribution in [2.75, 3.05) is 0 Å². The number of hydrogen-bond donors (Lipinski definition) is 0. The highest BCUT2D eigenvalue weighted by Gasteiger charge is 1.94. The van der Waals surface area contributed by atoms with Crippen LogP contribution in [0.5, 0.6) is 0 Å². The first-order valence-electron chi connectivity index (χ1n) is 9.00. The van der Waals surface area contributed by atoms with E-state index < -0.39 is 19.6 Å². The van der Waals surface area contributed by atoms with Gasteiger partial charge >= 0.3 is 0 Å². The molecule has 1 nitrogen and oxygen atoms in total. The molecule has 84 valence electrons. The topological polar surface area (TPSA) is 17.1 Å². The lowest BCUT2D eigenvalue weighted by Gasteiger charge is -2.03. The van der Waals surface area contributed by atoms with Crippen LogP contribution in [0, 0.1) is 5.89 Å². The minimum Gasteiger partial charge on any atom is -0.303 e. The van der Waals surface area contributed by atoms with Gasteiger partial charge in [0, 0.05) is 16.0 Å². The van der Waals surface area contributed by atoms with Crippen LogP contribution in [0.2, 0.25) is 0 Å². The standard InChI is InChI=1S/C13H26O/c1-13(2)11-9-7-5-3-4-6-8-10-12-14/h12-13H,3-11H2,1-2H3/i1D3,2D3,13D. The lowest BCUT2D eigenvalue weighted by atomic mass is 10.0. The lowest BCUT2D eigenvalue weighted by molar-refractivity contribution is -0.107.